The van der Waals surface area contributed by atoms with Crippen molar-refractivity contribution in [1.82, 2.24) is 15.3 Å². The third kappa shape index (κ3) is 4.00. The topological polar surface area (TPSA) is 27.7 Å². The van der Waals surface area contributed by atoms with Gasteiger partial charge in [0.05, 0.1) is 18.8 Å². The molecule has 2 heterocycles. The smallest absolute Gasteiger partial charge is 0.0687 e. The van der Waals surface area contributed by atoms with E-state index in [4.69, 9.17) is 4.74 Å². The van der Waals surface area contributed by atoms with E-state index in [9.17, 15) is 0 Å². The van der Waals surface area contributed by atoms with Crippen LogP contribution in [0.5, 0.6) is 0 Å². The molecule has 5 heteroatoms. The van der Waals surface area contributed by atoms with Crippen molar-refractivity contribution in [2.45, 2.75) is 12.8 Å². The van der Waals surface area contributed by atoms with Gasteiger partial charge >= 0.3 is 0 Å². The summed E-state index contributed by atoms with van der Waals surface area (Å²) in [5.74, 6) is 0. The lowest BCUT2D eigenvalue weighted by Gasteiger charge is -2.32. The van der Waals surface area contributed by atoms with E-state index in [1.807, 2.05) is 18.0 Å². The minimum atomic E-state index is 0.719. The predicted octanol–water partition coefficient (Wildman–Crippen LogP) is 3.88. The lowest BCUT2D eigenvalue weighted by molar-refractivity contribution is 0.0987. The molecule has 4 nitrogen and oxygen atoms in total. The van der Waals surface area contributed by atoms with Crippen LogP contribution < -0.4 is 5.43 Å². The number of fused-ring (bicyclic) bond motifs is 3. The van der Waals surface area contributed by atoms with Gasteiger partial charge in [0.2, 0.25) is 0 Å². The molecule has 142 valence electrons. The summed E-state index contributed by atoms with van der Waals surface area (Å²) in [6.07, 6.45) is 17.3. The Hall–Kier alpha value is -1.95. The minimum absolute atomic E-state index is 0.719. The van der Waals surface area contributed by atoms with E-state index in [-0.39, 0.29) is 0 Å². The zero-order valence-corrected chi connectivity index (χ0v) is 16.9. The van der Waals surface area contributed by atoms with Crippen LogP contribution in [0.4, 0.5) is 0 Å². The molecule has 0 amide bonds. The first-order chi connectivity index (χ1) is 13.2. The molecule has 0 radical (unpaired) electrons. The maximum atomic E-state index is 5.88. The highest BCUT2D eigenvalue weighted by Crippen LogP contribution is 2.48. The molecule has 0 fully saturated rings. The van der Waals surface area contributed by atoms with Crippen molar-refractivity contribution in [2.24, 2.45) is 0 Å². The van der Waals surface area contributed by atoms with Crippen LogP contribution in [-0.2, 0) is 4.74 Å². The summed E-state index contributed by atoms with van der Waals surface area (Å²) >= 11 is 1.84. The molecule has 4 aliphatic rings. The average Bonchev–Trinajstić information content (AvgIpc) is 2.92. The van der Waals surface area contributed by atoms with Gasteiger partial charge in [-0.2, -0.15) is 0 Å². The number of nitrogens with one attached hydrogen (secondary N) is 1. The molecule has 4 rings (SSSR count). The Morgan fingerprint density at radius 3 is 3.00 bits per heavy atom. The number of ether oxygens (including phenoxy) is 1. The van der Waals surface area contributed by atoms with Crippen molar-refractivity contribution in [2.75, 3.05) is 40.4 Å². The van der Waals surface area contributed by atoms with Crippen molar-refractivity contribution in [1.29, 1.82) is 0 Å². The molecule has 0 aromatic heterocycles. The van der Waals surface area contributed by atoms with Crippen LogP contribution in [0.15, 0.2) is 81.0 Å². The molecular weight excluding hydrogens is 354 g/mol. The first-order valence-corrected chi connectivity index (χ1v) is 10.4. The van der Waals surface area contributed by atoms with Gasteiger partial charge in [-0.1, -0.05) is 42.1 Å². The second kappa shape index (κ2) is 8.38. The van der Waals surface area contributed by atoms with Crippen LogP contribution in [0.1, 0.15) is 12.8 Å². The molecule has 0 aromatic carbocycles. The van der Waals surface area contributed by atoms with Gasteiger partial charge in [0.1, 0.15) is 0 Å². The lowest BCUT2D eigenvalue weighted by atomic mass is 10.0. The summed E-state index contributed by atoms with van der Waals surface area (Å²) < 4.78 is 5.88. The molecule has 0 bridgehead atoms. The molecule has 1 N–H and O–H groups in total. The number of thioether (sulfide) groups is 1. The zero-order chi connectivity index (χ0) is 18.6. The first-order valence-electron chi connectivity index (χ1n) is 9.56. The van der Waals surface area contributed by atoms with E-state index < -0.39 is 0 Å². The maximum Gasteiger partial charge on any atom is 0.0687 e. The first kappa shape index (κ1) is 18.4. The van der Waals surface area contributed by atoms with Crippen LogP contribution in [0.25, 0.3) is 0 Å². The van der Waals surface area contributed by atoms with Crippen molar-refractivity contribution >= 4 is 11.8 Å². The molecule has 2 aliphatic carbocycles. The van der Waals surface area contributed by atoms with E-state index in [2.05, 4.69) is 71.3 Å². The lowest BCUT2D eigenvalue weighted by Crippen LogP contribution is -2.39. The second-order valence-corrected chi connectivity index (χ2v) is 8.17. The Bertz CT molecular complexity index is 811. The standard InChI is InChI=1S/C22H27N3OS/c1-24(2)11-5-13-26-14-12-25-21-17(9-10-23-25)6-3-8-19-20(21)16-18-7-4-15-27-22(18)19/h3-4,6-10,15,23H,5,11-14,16H2,1-2H3. The number of hydrogen-bond acceptors (Lipinski definition) is 5. The summed E-state index contributed by atoms with van der Waals surface area (Å²) in [6, 6.07) is 0. The second-order valence-electron chi connectivity index (χ2n) is 7.25. The fourth-order valence-electron chi connectivity index (χ4n) is 3.75. The van der Waals surface area contributed by atoms with Crippen molar-refractivity contribution in [3.05, 3.63) is 81.0 Å². The van der Waals surface area contributed by atoms with E-state index in [0.29, 0.717) is 0 Å². The quantitative estimate of drug-likeness (QED) is 0.676. The number of allylic oxidation sites excluding steroid dienone is 9. The van der Waals surface area contributed by atoms with Gasteiger partial charge in [-0.3, -0.25) is 5.01 Å². The van der Waals surface area contributed by atoms with Crippen molar-refractivity contribution < 1.29 is 4.74 Å². The van der Waals surface area contributed by atoms with E-state index >= 15 is 0 Å². The van der Waals surface area contributed by atoms with E-state index in [0.717, 1.165) is 39.1 Å². The van der Waals surface area contributed by atoms with Crippen molar-refractivity contribution in [3.8, 4) is 0 Å². The highest BCUT2D eigenvalue weighted by molar-refractivity contribution is 8.06. The summed E-state index contributed by atoms with van der Waals surface area (Å²) in [4.78, 5) is 3.60. The van der Waals surface area contributed by atoms with Gasteiger partial charge < -0.3 is 15.1 Å². The van der Waals surface area contributed by atoms with Crippen LogP contribution in [-0.4, -0.2) is 50.3 Å². The van der Waals surface area contributed by atoms with Gasteiger partial charge in [0.15, 0.2) is 0 Å². The Labute approximate surface area is 166 Å². The Morgan fingerprint density at radius 1 is 1.19 bits per heavy atom. The molecule has 0 atom stereocenters. The number of hydrazine groups is 1. The molecule has 0 saturated heterocycles. The summed E-state index contributed by atoms with van der Waals surface area (Å²) in [5.41, 5.74) is 10.2. The molecule has 0 unspecified atom stereocenters. The van der Waals surface area contributed by atoms with Gasteiger partial charge in [-0.25, -0.2) is 0 Å². The molecule has 27 heavy (non-hydrogen) atoms. The SMILES string of the molecule is CN(C)CCCOCCN1NC=CC2=CC=CC3=C4SC=CC=C4CC3=C21. The van der Waals surface area contributed by atoms with Crippen LogP contribution in [0.3, 0.4) is 0 Å². The summed E-state index contributed by atoms with van der Waals surface area (Å²) in [7, 11) is 4.20. The number of rotatable bonds is 7. The zero-order valence-electron chi connectivity index (χ0n) is 16.1. The monoisotopic (exact) mass is 381 g/mol. The highest BCUT2D eigenvalue weighted by Gasteiger charge is 2.31. The molecule has 0 spiro atoms. The van der Waals surface area contributed by atoms with Crippen LogP contribution in [0, 0.1) is 0 Å². The molecule has 2 aliphatic heterocycles. The fourth-order valence-corrected chi connectivity index (χ4v) is 4.66. The maximum absolute atomic E-state index is 5.88. The Kier molecular flexibility index (Phi) is 5.72. The normalized spacial score (nSPS) is 20.3. The molecule has 0 aromatic rings. The Morgan fingerprint density at radius 2 is 2.11 bits per heavy atom. The Balaban J connectivity index is 1.50. The number of nitrogens with zero attached hydrogens (tertiary/aromatic N) is 2. The molecule has 0 saturated carbocycles. The van der Waals surface area contributed by atoms with Gasteiger partial charge in [-0.05, 0) is 55.3 Å². The third-order valence-electron chi connectivity index (χ3n) is 5.00. The summed E-state index contributed by atoms with van der Waals surface area (Å²) in [6.45, 7) is 3.42. The van der Waals surface area contributed by atoms with Crippen molar-refractivity contribution in [3.63, 3.8) is 0 Å². The van der Waals surface area contributed by atoms with Gasteiger partial charge in [0.25, 0.3) is 0 Å². The van der Waals surface area contributed by atoms with Gasteiger partial charge in [-0.15, -0.1) is 0 Å². The fraction of sp³-hybridized carbons (Fsp3) is 0.364. The van der Waals surface area contributed by atoms with Gasteiger partial charge in [0, 0.05) is 29.7 Å². The van der Waals surface area contributed by atoms with Crippen LogP contribution >= 0.6 is 11.8 Å². The van der Waals surface area contributed by atoms with E-state index in [1.165, 1.54) is 32.9 Å². The van der Waals surface area contributed by atoms with E-state index in [1.54, 1.807) is 0 Å². The third-order valence-corrected chi connectivity index (χ3v) is 6.02. The largest absolute Gasteiger partial charge is 0.379 e. The minimum Gasteiger partial charge on any atom is -0.379 e. The van der Waals surface area contributed by atoms with Crippen LogP contribution in [0.2, 0.25) is 0 Å². The average molecular weight is 382 g/mol. The summed E-state index contributed by atoms with van der Waals surface area (Å²) in [5, 5.41) is 4.42. The highest BCUT2D eigenvalue weighted by atomic mass is 32.2. The predicted molar refractivity (Wildman–Crippen MR) is 114 cm³/mol. The number of hydrogen-bond donors (Lipinski definition) is 1. The molecular formula is C22H27N3OS.